The maximum atomic E-state index is 14.1. The van der Waals surface area contributed by atoms with Crippen LogP contribution in [0.5, 0.6) is 5.75 Å². The average molecular weight is 576 g/mol. The lowest BCUT2D eigenvalue weighted by Crippen LogP contribution is -2.74. The predicted octanol–water partition coefficient (Wildman–Crippen LogP) is 0.472. The summed E-state index contributed by atoms with van der Waals surface area (Å²) in [6.07, 6.45) is 0.0994. The number of likely N-dealkylation sites (N-methyl/N-ethyl adjacent to an activating group) is 1. The first-order valence-electron chi connectivity index (χ1n) is 13.4. The van der Waals surface area contributed by atoms with E-state index in [1.54, 1.807) is 25.1 Å². The summed E-state index contributed by atoms with van der Waals surface area (Å²) in [7, 11) is 6.56. The Labute approximate surface area is 241 Å². The zero-order valence-corrected chi connectivity index (χ0v) is 23.5. The van der Waals surface area contributed by atoms with Gasteiger partial charge in [-0.05, 0) is 68.8 Å². The Hall–Kier alpha value is -4.40. The maximum Gasteiger partial charge on any atom is 0.235 e. The molecular formula is C31H30FN3O7. The fourth-order valence-electron chi connectivity index (χ4n) is 6.82. The Morgan fingerprint density at radius 3 is 2.26 bits per heavy atom. The van der Waals surface area contributed by atoms with Crippen molar-refractivity contribution in [3.05, 3.63) is 58.4 Å². The molecule has 2 saturated carbocycles. The summed E-state index contributed by atoms with van der Waals surface area (Å²) in [6.45, 7) is 0. The molecule has 0 heterocycles. The van der Waals surface area contributed by atoms with Crippen LogP contribution in [-0.4, -0.2) is 84.0 Å². The van der Waals surface area contributed by atoms with Gasteiger partial charge in [-0.25, -0.2) is 4.39 Å². The van der Waals surface area contributed by atoms with Crippen LogP contribution in [0.1, 0.15) is 33.5 Å². The van der Waals surface area contributed by atoms with E-state index in [9.17, 15) is 38.6 Å². The number of phenols is 1. The minimum absolute atomic E-state index is 0.0380. The Balaban J connectivity index is 1.64. The molecule has 4 N–H and O–H groups in total. The first-order chi connectivity index (χ1) is 19.7. The molecule has 10 nitrogen and oxygen atoms in total. The number of rotatable bonds is 3. The van der Waals surface area contributed by atoms with Crippen molar-refractivity contribution < 1.29 is 38.6 Å². The predicted molar refractivity (Wildman–Crippen MR) is 148 cm³/mol. The van der Waals surface area contributed by atoms with Gasteiger partial charge >= 0.3 is 0 Å². The van der Waals surface area contributed by atoms with E-state index in [-0.39, 0.29) is 24.0 Å². The third-order valence-electron chi connectivity index (χ3n) is 8.71. The summed E-state index contributed by atoms with van der Waals surface area (Å²) in [5, 5.41) is 23.0. The normalized spacial score (nSPS) is 28.4. The zero-order chi connectivity index (χ0) is 30.8. The van der Waals surface area contributed by atoms with Crippen LogP contribution in [0.2, 0.25) is 0 Å². The molecule has 0 bridgehead atoms. The van der Waals surface area contributed by atoms with Crippen molar-refractivity contribution in [3.8, 4) is 17.6 Å². The molecule has 0 radical (unpaired) electrons. The van der Waals surface area contributed by atoms with Crippen molar-refractivity contribution in [2.24, 2.45) is 29.4 Å². The molecule has 2 aromatic carbocycles. The standard InChI is InChI=1S/C31H30FN3O7/c1-34(2)20-13-15(8-5-14-6-9-17(32)10-7-14)25(36)22-18(20)11-16-12-19-24(35(3)4)27(38)23(30(33)41)29(40)31(19,42)28(39)21(16)26(22)37/h6-7,9-10,13,16,19,21,23-24,36,42H,11-12H2,1-4H3,(H2,33,41)/t16-,19-,21?,23?,24-,31-/m1/s1. The van der Waals surface area contributed by atoms with Gasteiger partial charge in [0, 0.05) is 31.3 Å². The number of nitrogens with two attached hydrogens (primary N) is 1. The number of primary amides is 1. The van der Waals surface area contributed by atoms with Crippen LogP contribution in [0.3, 0.4) is 0 Å². The molecule has 2 fully saturated rings. The van der Waals surface area contributed by atoms with E-state index in [4.69, 9.17) is 5.73 Å². The van der Waals surface area contributed by atoms with E-state index < -0.39 is 75.9 Å². The van der Waals surface area contributed by atoms with Crippen molar-refractivity contribution in [1.82, 2.24) is 4.90 Å². The first kappa shape index (κ1) is 29.1. The smallest absolute Gasteiger partial charge is 0.235 e. The number of halogens is 1. The fraction of sp³-hybridized carbons (Fsp3) is 0.387. The van der Waals surface area contributed by atoms with Crippen molar-refractivity contribution >= 4 is 34.7 Å². The number of phenolic OH excluding ortho intramolecular Hbond substituents is 1. The van der Waals surface area contributed by atoms with Gasteiger partial charge < -0.3 is 20.8 Å². The number of hydrogen-bond donors (Lipinski definition) is 3. The third kappa shape index (κ3) is 4.21. The lowest BCUT2D eigenvalue weighted by atomic mass is 9.52. The molecule has 0 aliphatic heterocycles. The van der Waals surface area contributed by atoms with E-state index in [2.05, 4.69) is 11.8 Å². The summed E-state index contributed by atoms with van der Waals surface area (Å²) in [4.78, 5) is 70.1. The van der Waals surface area contributed by atoms with Gasteiger partial charge in [0.2, 0.25) is 5.91 Å². The Morgan fingerprint density at radius 2 is 1.69 bits per heavy atom. The molecule has 1 amide bonds. The molecule has 0 spiro atoms. The van der Waals surface area contributed by atoms with Crippen LogP contribution >= 0.6 is 0 Å². The number of amides is 1. The van der Waals surface area contributed by atoms with Crippen LogP contribution in [-0.2, 0) is 25.6 Å². The lowest BCUT2D eigenvalue weighted by Gasteiger charge is -2.52. The molecule has 11 heteroatoms. The van der Waals surface area contributed by atoms with Gasteiger partial charge in [-0.1, -0.05) is 11.8 Å². The van der Waals surface area contributed by atoms with E-state index in [1.165, 1.54) is 43.3 Å². The monoisotopic (exact) mass is 575 g/mol. The van der Waals surface area contributed by atoms with Gasteiger partial charge in [0.25, 0.3) is 0 Å². The molecule has 218 valence electrons. The number of Topliss-reactive ketones (excluding diaryl/α,β-unsaturated/α-hetero) is 4. The van der Waals surface area contributed by atoms with Gasteiger partial charge in [0.1, 0.15) is 11.6 Å². The largest absolute Gasteiger partial charge is 0.506 e. The molecule has 0 aromatic heterocycles. The molecule has 6 atom stereocenters. The summed E-state index contributed by atoms with van der Waals surface area (Å²) in [5.41, 5.74) is 4.02. The summed E-state index contributed by atoms with van der Waals surface area (Å²) in [6, 6.07) is 5.85. The van der Waals surface area contributed by atoms with Gasteiger partial charge in [-0.3, -0.25) is 28.9 Å². The van der Waals surface area contributed by atoms with Gasteiger partial charge in [-0.2, -0.15) is 0 Å². The number of carbonyl (C=O) groups is 5. The average Bonchev–Trinajstić information content (AvgIpc) is 2.90. The zero-order valence-electron chi connectivity index (χ0n) is 23.5. The van der Waals surface area contributed by atoms with Crippen molar-refractivity contribution in [1.29, 1.82) is 0 Å². The number of anilines is 1. The van der Waals surface area contributed by atoms with Crippen LogP contribution in [0, 0.1) is 41.3 Å². The quantitative estimate of drug-likeness (QED) is 0.350. The Kier molecular flexibility index (Phi) is 7.03. The van der Waals surface area contributed by atoms with E-state index >= 15 is 0 Å². The first-order valence-corrected chi connectivity index (χ1v) is 13.4. The van der Waals surface area contributed by atoms with Crippen LogP contribution in [0.15, 0.2) is 30.3 Å². The second-order valence-corrected chi connectivity index (χ2v) is 11.6. The minimum atomic E-state index is -2.79. The molecule has 5 rings (SSSR count). The highest BCUT2D eigenvalue weighted by Gasteiger charge is 2.69. The number of hydrogen-bond acceptors (Lipinski definition) is 9. The highest BCUT2D eigenvalue weighted by molar-refractivity contribution is 6.32. The van der Waals surface area contributed by atoms with Crippen LogP contribution in [0.25, 0.3) is 0 Å². The highest BCUT2D eigenvalue weighted by atomic mass is 19.1. The number of aliphatic hydroxyl groups is 1. The van der Waals surface area contributed by atoms with Gasteiger partial charge in [0.05, 0.1) is 23.1 Å². The summed E-state index contributed by atoms with van der Waals surface area (Å²) >= 11 is 0. The van der Waals surface area contributed by atoms with Crippen molar-refractivity contribution in [2.45, 2.75) is 24.5 Å². The summed E-state index contributed by atoms with van der Waals surface area (Å²) < 4.78 is 13.3. The second-order valence-electron chi connectivity index (χ2n) is 11.6. The molecule has 42 heavy (non-hydrogen) atoms. The second kappa shape index (κ2) is 10.2. The van der Waals surface area contributed by atoms with E-state index in [0.29, 0.717) is 16.8 Å². The maximum absolute atomic E-state index is 14.1. The molecule has 3 aliphatic carbocycles. The number of nitrogens with zero attached hydrogens (tertiary/aromatic N) is 2. The number of aromatic hydroxyl groups is 1. The van der Waals surface area contributed by atoms with E-state index in [0.717, 1.165) is 0 Å². The molecular weight excluding hydrogens is 545 g/mol. The molecule has 2 aromatic rings. The topological polar surface area (TPSA) is 158 Å². The van der Waals surface area contributed by atoms with Crippen molar-refractivity contribution in [2.75, 3.05) is 33.1 Å². The van der Waals surface area contributed by atoms with Crippen molar-refractivity contribution in [3.63, 3.8) is 0 Å². The fourth-order valence-corrected chi connectivity index (χ4v) is 6.82. The number of benzene rings is 2. The van der Waals surface area contributed by atoms with Crippen LogP contribution < -0.4 is 10.6 Å². The number of ketones is 4. The van der Waals surface area contributed by atoms with Gasteiger partial charge in [-0.15, -0.1) is 0 Å². The lowest BCUT2D eigenvalue weighted by molar-refractivity contribution is -0.181. The Morgan fingerprint density at radius 1 is 1.05 bits per heavy atom. The minimum Gasteiger partial charge on any atom is -0.506 e. The highest BCUT2D eigenvalue weighted by Crippen LogP contribution is 2.52. The SMILES string of the molecule is CN(C)c1cc(C#Cc2ccc(F)cc2)c(O)c2c1C[C@@H]1C[C@@H]3[C@@H](N(C)C)C(=O)C(C(N)=O)C(=O)[C@]3(O)C(=O)C1C2=O. The molecule has 0 saturated heterocycles. The summed E-state index contributed by atoms with van der Waals surface area (Å²) in [5.74, 6) is -5.97. The third-order valence-corrected chi connectivity index (χ3v) is 8.71. The molecule has 2 unspecified atom stereocenters. The number of fused-ring (bicyclic) bond motifs is 3. The molecule has 3 aliphatic rings. The van der Waals surface area contributed by atoms with Gasteiger partial charge in [0.15, 0.2) is 34.7 Å². The number of carbonyl (C=O) groups excluding carboxylic acids is 5. The Bertz CT molecular complexity index is 1620. The van der Waals surface area contributed by atoms with E-state index in [1.807, 2.05) is 0 Å². The van der Waals surface area contributed by atoms with Crippen LogP contribution in [0.4, 0.5) is 10.1 Å².